The van der Waals surface area contributed by atoms with Crippen LogP contribution in [-0.2, 0) is 6.54 Å². The van der Waals surface area contributed by atoms with Crippen LogP contribution in [-0.4, -0.2) is 20.1 Å². The number of aromatic nitrogens is 3. The van der Waals surface area contributed by atoms with Gasteiger partial charge in [0.15, 0.2) is 0 Å². The highest BCUT2D eigenvalue weighted by Gasteiger charge is 2.05. The summed E-state index contributed by atoms with van der Waals surface area (Å²) in [7, 11) is 0. The van der Waals surface area contributed by atoms with Gasteiger partial charge in [-0.1, -0.05) is 22.9 Å². The van der Waals surface area contributed by atoms with Gasteiger partial charge in [0.1, 0.15) is 11.6 Å². The molecule has 1 rings (SSSR count). The number of rotatable bonds is 5. The summed E-state index contributed by atoms with van der Waals surface area (Å²) in [6, 6.07) is 0. The third-order valence-corrected chi connectivity index (χ3v) is 2.86. The van der Waals surface area contributed by atoms with Crippen LogP contribution in [0.15, 0.2) is 0 Å². The molecule has 80 valence electrons. The fraction of sp³-hybridized carbons (Fsp3) is 0.800. The largest absolute Gasteiger partial charge is 0.250 e. The van der Waals surface area contributed by atoms with E-state index in [2.05, 4.69) is 32.9 Å². The van der Waals surface area contributed by atoms with Gasteiger partial charge in [-0.05, 0) is 32.6 Å². The van der Waals surface area contributed by atoms with E-state index in [-0.39, 0.29) is 0 Å². The summed E-state index contributed by atoms with van der Waals surface area (Å²) >= 11 is 3.46. The quantitative estimate of drug-likeness (QED) is 0.762. The number of aryl methyl sites for hydroxylation is 3. The Morgan fingerprint density at radius 3 is 2.57 bits per heavy atom. The number of hydrogen-bond donors (Lipinski definition) is 0. The molecule has 0 saturated carbocycles. The molecular formula is C10H18BrN3. The Labute approximate surface area is 94.0 Å². The predicted molar refractivity (Wildman–Crippen MR) is 61.7 cm³/mol. The van der Waals surface area contributed by atoms with Gasteiger partial charge in [-0.15, -0.1) is 0 Å². The standard InChI is InChI=1S/C10H18BrN3/c1-8(4-6-11)5-7-14-10(3)12-9(2)13-14/h8H,4-7H2,1-3H3. The minimum Gasteiger partial charge on any atom is -0.250 e. The second kappa shape index (κ2) is 5.49. The monoisotopic (exact) mass is 259 g/mol. The molecule has 0 saturated heterocycles. The zero-order chi connectivity index (χ0) is 10.6. The van der Waals surface area contributed by atoms with Crippen molar-refractivity contribution in [2.24, 2.45) is 5.92 Å². The maximum atomic E-state index is 4.34. The third kappa shape index (κ3) is 3.40. The Morgan fingerprint density at radius 2 is 2.07 bits per heavy atom. The second-order valence-corrected chi connectivity index (χ2v) is 4.59. The van der Waals surface area contributed by atoms with Crippen molar-refractivity contribution in [1.82, 2.24) is 14.8 Å². The molecule has 0 amide bonds. The van der Waals surface area contributed by atoms with Crippen molar-refractivity contribution < 1.29 is 0 Å². The van der Waals surface area contributed by atoms with Crippen LogP contribution < -0.4 is 0 Å². The first-order valence-electron chi connectivity index (χ1n) is 5.07. The van der Waals surface area contributed by atoms with Gasteiger partial charge < -0.3 is 0 Å². The summed E-state index contributed by atoms with van der Waals surface area (Å²) in [6.07, 6.45) is 2.40. The number of alkyl halides is 1. The number of nitrogens with zero attached hydrogens (tertiary/aromatic N) is 3. The molecule has 0 aliphatic carbocycles. The Balaban J connectivity index is 2.41. The average molecular weight is 260 g/mol. The summed E-state index contributed by atoms with van der Waals surface area (Å²) in [4.78, 5) is 4.28. The first kappa shape index (κ1) is 11.7. The van der Waals surface area contributed by atoms with Crippen LogP contribution in [0.1, 0.15) is 31.4 Å². The minimum absolute atomic E-state index is 0.748. The van der Waals surface area contributed by atoms with Crippen LogP contribution in [0.2, 0.25) is 0 Å². The van der Waals surface area contributed by atoms with E-state index < -0.39 is 0 Å². The summed E-state index contributed by atoms with van der Waals surface area (Å²) in [5.41, 5.74) is 0. The Hall–Kier alpha value is -0.380. The van der Waals surface area contributed by atoms with Crippen LogP contribution in [0.25, 0.3) is 0 Å². The van der Waals surface area contributed by atoms with Gasteiger partial charge in [0.2, 0.25) is 0 Å². The first-order valence-corrected chi connectivity index (χ1v) is 6.19. The van der Waals surface area contributed by atoms with Crippen molar-refractivity contribution in [2.75, 3.05) is 5.33 Å². The molecule has 4 heteroatoms. The average Bonchev–Trinajstić information content (AvgIpc) is 2.42. The lowest BCUT2D eigenvalue weighted by Gasteiger charge is -2.09. The van der Waals surface area contributed by atoms with Gasteiger partial charge in [-0.2, -0.15) is 5.10 Å². The van der Waals surface area contributed by atoms with E-state index in [0.29, 0.717) is 0 Å². The van der Waals surface area contributed by atoms with Gasteiger partial charge in [0, 0.05) is 11.9 Å². The molecule has 0 aromatic carbocycles. The molecule has 0 N–H and O–H groups in total. The molecule has 3 nitrogen and oxygen atoms in total. The van der Waals surface area contributed by atoms with Gasteiger partial charge in [0.25, 0.3) is 0 Å². The van der Waals surface area contributed by atoms with Crippen LogP contribution >= 0.6 is 15.9 Å². The van der Waals surface area contributed by atoms with Gasteiger partial charge in [-0.25, -0.2) is 4.98 Å². The summed E-state index contributed by atoms with van der Waals surface area (Å²) < 4.78 is 2.00. The molecule has 1 aromatic heterocycles. The zero-order valence-corrected chi connectivity index (χ0v) is 10.7. The predicted octanol–water partition coefficient (Wildman–Crippen LogP) is 2.71. The molecule has 0 spiro atoms. The summed E-state index contributed by atoms with van der Waals surface area (Å²) in [6.45, 7) is 7.21. The Bertz CT molecular complexity index is 283. The maximum absolute atomic E-state index is 4.34. The molecule has 1 heterocycles. The van der Waals surface area contributed by atoms with Crippen molar-refractivity contribution in [3.05, 3.63) is 11.6 Å². The van der Waals surface area contributed by atoms with Gasteiger partial charge in [0.05, 0.1) is 0 Å². The molecule has 0 aliphatic heterocycles. The van der Waals surface area contributed by atoms with Crippen molar-refractivity contribution in [3.63, 3.8) is 0 Å². The second-order valence-electron chi connectivity index (χ2n) is 3.80. The smallest absolute Gasteiger partial charge is 0.147 e. The fourth-order valence-corrected chi connectivity index (χ4v) is 2.23. The van der Waals surface area contributed by atoms with Gasteiger partial charge >= 0.3 is 0 Å². The lowest BCUT2D eigenvalue weighted by Crippen LogP contribution is -2.07. The minimum atomic E-state index is 0.748. The van der Waals surface area contributed by atoms with E-state index in [9.17, 15) is 0 Å². The third-order valence-electron chi connectivity index (χ3n) is 2.40. The zero-order valence-electron chi connectivity index (χ0n) is 9.13. The van der Waals surface area contributed by atoms with Gasteiger partial charge in [-0.3, -0.25) is 4.68 Å². The number of hydrogen-bond acceptors (Lipinski definition) is 2. The molecule has 1 unspecified atom stereocenters. The van der Waals surface area contributed by atoms with Crippen LogP contribution in [0.5, 0.6) is 0 Å². The van der Waals surface area contributed by atoms with Crippen molar-refractivity contribution in [3.8, 4) is 0 Å². The van der Waals surface area contributed by atoms with Crippen LogP contribution in [0.3, 0.4) is 0 Å². The Kier molecular flexibility index (Phi) is 4.58. The lowest BCUT2D eigenvalue weighted by molar-refractivity contribution is 0.445. The van der Waals surface area contributed by atoms with E-state index in [4.69, 9.17) is 0 Å². The van der Waals surface area contributed by atoms with E-state index in [0.717, 1.165) is 29.4 Å². The highest BCUT2D eigenvalue weighted by atomic mass is 79.9. The van der Waals surface area contributed by atoms with Crippen LogP contribution in [0.4, 0.5) is 0 Å². The van der Waals surface area contributed by atoms with Crippen molar-refractivity contribution in [1.29, 1.82) is 0 Å². The highest BCUT2D eigenvalue weighted by molar-refractivity contribution is 9.09. The van der Waals surface area contributed by atoms with E-state index >= 15 is 0 Å². The molecule has 0 fully saturated rings. The lowest BCUT2D eigenvalue weighted by atomic mass is 10.1. The summed E-state index contributed by atoms with van der Waals surface area (Å²) in [5, 5.41) is 5.42. The molecule has 1 atom stereocenters. The molecule has 1 aromatic rings. The number of halogens is 1. The topological polar surface area (TPSA) is 30.7 Å². The Morgan fingerprint density at radius 1 is 1.36 bits per heavy atom. The molecular weight excluding hydrogens is 242 g/mol. The van der Waals surface area contributed by atoms with E-state index in [1.54, 1.807) is 0 Å². The molecule has 0 radical (unpaired) electrons. The maximum Gasteiger partial charge on any atom is 0.147 e. The first-order chi connectivity index (χ1) is 6.63. The van der Waals surface area contributed by atoms with E-state index in [1.807, 2.05) is 18.5 Å². The molecule has 0 bridgehead atoms. The molecule has 14 heavy (non-hydrogen) atoms. The highest BCUT2D eigenvalue weighted by Crippen LogP contribution is 2.10. The molecule has 0 aliphatic rings. The van der Waals surface area contributed by atoms with Crippen molar-refractivity contribution >= 4 is 15.9 Å². The normalized spacial score (nSPS) is 13.1. The SMILES string of the molecule is Cc1nc(C)n(CCC(C)CCBr)n1. The fourth-order valence-electron chi connectivity index (χ4n) is 1.45. The van der Waals surface area contributed by atoms with E-state index in [1.165, 1.54) is 12.8 Å². The van der Waals surface area contributed by atoms with Crippen LogP contribution in [0, 0.1) is 19.8 Å². The van der Waals surface area contributed by atoms with Crippen molar-refractivity contribution in [2.45, 2.75) is 40.2 Å². The summed E-state index contributed by atoms with van der Waals surface area (Å²) in [5.74, 6) is 2.64.